The lowest BCUT2D eigenvalue weighted by Gasteiger charge is -2.42. The van der Waals surface area contributed by atoms with E-state index in [-0.39, 0.29) is 0 Å². The zero-order chi connectivity index (χ0) is 17.1. The van der Waals surface area contributed by atoms with Crippen LogP contribution < -0.4 is 10.4 Å². The SMILES string of the molecule is O=C1CCCCC1C1CC[Si](c2ccccc2)(c2ccccc2)CC1. The van der Waals surface area contributed by atoms with E-state index in [4.69, 9.17) is 0 Å². The third-order valence-corrected chi connectivity index (χ3v) is 11.9. The summed E-state index contributed by atoms with van der Waals surface area (Å²) in [5.74, 6) is 1.57. The number of hydrogen-bond donors (Lipinski definition) is 0. The average Bonchev–Trinajstić information content (AvgIpc) is 2.70. The van der Waals surface area contributed by atoms with Gasteiger partial charge in [-0.2, -0.15) is 0 Å². The first-order valence-electron chi connectivity index (χ1n) is 9.93. The number of hydrogen-bond acceptors (Lipinski definition) is 1. The molecule has 1 heterocycles. The van der Waals surface area contributed by atoms with E-state index in [0.29, 0.717) is 17.6 Å². The highest BCUT2D eigenvalue weighted by Crippen LogP contribution is 2.40. The number of carbonyl (C=O) groups is 1. The summed E-state index contributed by atoms with van der Waals surface area (Å²) in [5, 5.41) is 3.16. The molecule has 2 aromatic carbocycles. The van der Waals surface area contributed by atoms with Crippen molar-refractivity contribution in [2.24, 2.45) is 11.8 Å². The highest BCUT2D eigenvalue weighted by atomic mass is 28.3. The van der Waals surface area contributed by atoms with E-state index in [1.165, 1.54) is 31.4 Å². The first-order valence-corrected chi connectivity index (χ1v) is 12.3. The molecule has 2 fully saturated rings. The maximum Gasteiger partial charge on any atom is 0.136 e. The van der Waals surface area contributed by atoms with E-state index in [0.717, 1.165) is 19.3 Å². The molecule has 2 aliphatic rings. The summed E-state index contributed by atoms with van der Waals surface area (Å²) in [6.07, 6.45) is 6.84. The van der Waals surface area contributed by atoms with Gasteiger partial charge in [0.1, 0.15) is 13.9 Å². The molecule has 1 nitrogen and oxygen atoms in total. The van der Waals surface area contributed by atoms with Gasteiger partial charge in [0, 0.05) is 12.3 Å². The van der Waals surface area contributed by atoms with Crippen molar-refractivity contribution < 1.29 is 4.79 Å². The maximum atomic E-state index is 12.4. The smallest absolute Gasteiger partial charge is 0.136 e. The van der Waals surface area contributed by atoms with Crippen molar-refractivity contribution in [1.82, 2.24) is 0 Å². The summed E-state index contributed by atoms with van der Waals surface area (Å²) in [5.41, 5.74) is 0. The van der Waals surface area contributed by atoms with Crippen LogP contribution >= 0.6 is 0 Å². The number of ketones is 1. The molecule has 4 rings (SSSR count). The minimum absolute atomic E-state index is 0.368. The highest BCUT2D eigenvalue weighted by molar-refractivity contribution is 7.02. The molecule has 1 saturated heterocycles. The fourth-order valence-electron chi connectivity index (χ4n) is 5.30. The summed E-state index contributed by atoms with van der Waals surface area (Å²) in [6.45, 7) is 0. The average molecular weight is 349 g/mol. The molecule has 130 valence electrons. The molecule has 2 heteroatoms. The van der Waals surface area contributed by atoms with Gasteiger partial charge in [0.2, 0.25) is 0 Å². The van der Waals surface area contributed by atoms with Crippen LogP contribution in [0.4, 0.5) is 0 Å². The summed E-state index contributed by atoms with van der Waals surface area (Å²) in [6, 6.07) is 25.1. The molecule has 1 atom stereocenters. The van der Waals surface area contributed by atoms with Crippen LogP contribution in [0, 0.1) is 11.8 Å². The lowest BCUT2D eigenvalue weighted by molar-refractivity contribution is -0.126. The van der Waals surface area contributed by atoms with Gasteiger partial charge in [-0.15, -0.1) is 0 Å². The van der Waals surface area contributed by atoms with Crippen molar-refractivity contribution in [1.29, 1.82) is 0 Å². The highest BCUT2D eigenvalue weighted by Gasteiger charge is 2.43. The van der Waals surface area contributed by atoms with Crippen LogP contribution in [-0.2, 0) is 4.79 Å². The van der Waals surface area contributed by atoms with Gasteiger partial charge >= 0.3 is 0 Å². The summed E-state index contributed by atoms with van der Waals surface area (Å²) in [4.78, 5) is 12.4. The predicted molar refractivity (Wildman–Crippen MR) is 107 cm³/mol. The Morgan fingerprint density at radius 1 is 0.720 bits per heavy atom. The largest absolute Gasteiger partial charge is 0.299 e. The van der Waals surface area contributed by atoms with Crippen LogP contribution in [0.2, 0.25) is 12.1 Å². The van der Waals surface area contributed by atoms with Crippen molar-refractivity contribution in [3.05, 3.63) is 60.7 Å². The Labute approximate surface area is 152 Å². The van der Waals surface area contributed by atoms with Crippen LogP contribution in [0.3, 0.4) is 0 Å². The van der Waals surface area contributed by atoms with Crippen LogP contribution in [0.25, 0.3) is 0 Å². The molecule has 0 spiro atoms. The number of rotatable bonds is 3. The molecule has 0 bridgehead atoms. The maximum absolute atomic E-state index is 12.4. The van der Waals surface area contributed by atoms with Crippen molar-refractivity contribution in [2.75, 3.05) is 0 Å². The van der Waals surface area contributed by atoms with Gasteiger partial charge in [-0.3, -0.25) is 4.79 Å². The van der Waals surface area contributed by atoms with Crippen LogP contribution in [0.15, 0.2) is 60.7 Å². The van der Waals surface area contributed by atoms with Crippen molar-refractivity contribution in [2.45, 2.75) is 50.6 Å². The molecule has 0 aromatic heterocycles. The van der Waals surface area contributed by atoms with Gasteiger partial charge in [-0.05, 0) is 30.8 Å². The second kappa shape index (κ2) is 7.29. The Morgan fingerprint density at radius 3 is 1.80 bits per heavy atom. The Hall–Kier alpha value is -1.67. The topological polar surface area (TPSA) is 17.1 Å². The number of Topliss-reactive ketones (excluding diaryl/α,β-unsaturated/α-hetero) is 1. The van der Waals surface area contributed by atoms with Gasteiger partial charge in [-0.1, -0.05) is 90.3 Å². The molecule has 0 amide bonds. The fraction of sp³-hybridized carbons (Fsp3) is 0.435. The van der Waals surface area contributed by atoms with Crippen LogP contribution in [-0.4, -0.2) is 13.9 Å². The summed E-state index contributed by atoms with van der Waals surface area (Å²) in [7, 11) is -1.67. The zero-order valence-corrected chi connectivity index (χ0v) is 16.0. The molecule has 1 aliphatic heterocycles. The molecule has 0 N–H and O–H groups in total. The lowest BCUT2D eigenvalue weighted by atomic mass is 9.76. The minimum atomic E-state index is -1.67. The van der Waals surface area contributed by atoms with Crippen LogP contribution in [0.5, 0.6) is 0 Å². The minimum Gasteiger partial charge on any atom is -0.299 e. The quantitative estimate of drug-likeness (QED) is 0.751. The van der Waals surface area contributed by atoms with E-state index in [1.807, 2.05) is 0 Å². The monoisotopic (exact) mass is 348 g/mol. The molecule has 0 radical (unpaired) electrons. The fourth-order valence-corrected chi connectivity index (χ4v) is 10.4. The lowest BCUT2D eigenvalue weighted by Crippen LogP contribution is -2.60. The van der Waals surface area contributed by atoms with Crippen molar-refractivity contribution in [3.8, 4) is 0 Å². The van der Waals surface area contributed by atoms with Gasteiger partial charge < -0.3 is 0 Å². The third kappa shape index (κ3) is 3.24. The predicted octanol–water partition coefficient (Wildman–Crippen LogP) is 4.42. The number of benzene rings is 2. The first-order chi connectivity index (χ1) is 12.3. The van der Waals surface area contributed by atoms with Gasteiger partial charge in [0.15, 0.2) is 0 Å². The summed E-state index contributed by atoms with van der Waals surface area (Å²) >= 11 is 0. The Kier molecular flexibility index (Phi) is 4.89. The van der Waals surface area contributed by atoms with Gasteiger partial charge in [0.25, 0.3) is 0 Å². The van der Waals surface area contributed by atoms with E-state index in [9.17, 15) is 4.79 Å². The first kappa shape index (κ1) is 16.8. The second-order valence-electron chi connectivity index (χ2n) is 7.97. The van der Waals surface area contributed by atoms with E-state index in [1.54, 1.807) is 10.4 Å². The third-order valence-electron chi connectivity index (χ3n) is 6.71. The molecular formula is C23H28OSi. The van der Waals surface area contributed by atoms with Gasteiger partial charge in [-0.25, -0.2) is 0 Å². The van der Waals surface area contributed by atoms with Crippen LogP contribution in [0.1, 0.15) is 38.5 Å². The standard InChI is InChI=1S/C23H28OSi/c24-23-14-8-7-13-22(23)19-15-17-25(18-16-19,20-9-3-1-4-10-20)21-11-5-2-6-12-21/h1-6,9-12,19,22H,7-8,13-18H2. The molecule has 1 saturated carbocycles. The van der Waals surface area contributed by atoms with E-state index >= 15 is 0 Å². The number of carbonyl (C=O) groups excluding carboxylic acids is 1. The van der Waals surface area contributed by atoms with Crippen molar-refractivity contribution >= 4 is 24.2 Å². The molecule has 1 aliphatic carbocycles. The second-order valence-corrected chi connectivity index (χ2v) is 12.3. The molecule has 1 unspecified atom stereocenters. The Morgan fingerprint density at radius 2 is 1.28 bits per heavy atom. The Balaban J connectivity index is 1.61. The van der Waals surface area contributed by atoms with Gasteiger partial charge in [0.05, 0.1) is 0 Å². The normalized spacial score (nSPS) is 24.2. The molecule has 2 aromatic rings. The van der Waals surface area contributed by atoms with E-state index in [2.05, 4.69) is 60.7 Å². The summed E-state index contributed by atoms with van der Waals surface area (Å²) < 4.78 is 0. The van der Waals surface area contributed by atoms with E-state index < -0.39 is 8.07 Å². The molecule has 25 heavy (non-hydrogen) atoms. The zero-order valence-electron chi connectivity index (χ0n) is 15.0. The molecular weight excluding hydrogens is 320 g/mol. The Bertz CT molecular complexity index is 660. The van der Waals surface area contributed by atoms with Crippen molar-refractivity contribution in [3.63, 3.8) is 0 Å².